The van der Waals surface area contributed by atoms with Gasteiger partial charge in [0.1, 0.15) is 0 Å². The van der Waals surface area contributed by atoms with Crippen LogP contribution >= 0.6 is 0 Å². The number of rotatable bonds is 5. The molecule has 104 valence electrons. The van der Waals surface area contributed by atoms with Crippen LogP contribution in [0.2, 0.25) is 0 Å². The number of nitrogens with zero attached hydrogens (tertiary/aromatic N) is 1. The molecule has 0 bridgehead atoms. The first-order chi connectivity index (χ1) is 9.04. The lowest BCUT2D eigenvalue weighted by Crippen LogP contribution is -2.30. The number of hydrogen-bond donors (Lipinski definition) is 1. The summed E-state index contributed by atoms with van der Waals surface area (Å²) in [5.41, 5.74) is 7.78. The van der Waals surface area contributed by atoms with Gasteiger partial charge in [-0.15, -0.1) is 0 Å². The highest BCUT2D eigenvalue weighted by atomic mass is 16.5. The molecule has 4 nitrogen and oxygen atoms in total. The minimum atomic E-state index is -0.352. The molecular formula is C15H22N2O2. The Morgan fingerprint density at radius 1 is 1.53 bits per heavy atom. The number of nitrogens with two attached hydrogens (primary N) is 1. The Hall–Kier alpha value is -1.71. The van der Waals surface area contributed by atoms with Crippen molar-refractivity contribution in [3.05, 3.63) is 23.8 Å². The van der Waals surface area contributed by atoms with Gasteiger partial charge >= 0.3 is 5.97 Å². The highest BCUT2D eigenvalue weighted by Gasteiger charge is 2.30. The number of ether oxygens (including phenoxy) is 1. The van der Waals surface area contributed by atoms with E-state index in [1.54, 1.807) is 13.0 Å². The zero-order valence-electron chi connectivity index (χ0n) is 11.8. The molecule has 0 radical (unpaired) electrons. The van der Waals surface area contributed by atoms with Crippen molar-refractivity contribution in [1.29, 1.82) is 0 Å². The Balaban J connectivity index is 2.21. The van der Waals surface area contributed by atoms with E-state index in [1.165, 1.54) is 12.8 Å². The summed E-state index contributed by atoms with van der Waals surface area (Å²) >= 11 is 0. The van der Waals surface area contributed by atoms with Crippen molar-refractivity contribution >= 4 is 17.3 Å². The standard InChI is InChI=1S/C15H22N2O2/c1-4-19-15(18)13-9-12(7-8-14(13)16)17(3)10(2)11-5-6-11/h7-11H,4-6,16H2,1-3H3. The summed E-state index contributed by atoms with van der Waals surface area (Å²) in [6.07, 6.45) is 2.59. The van der Waals surface area contributed by atoms with Crippen LogP contribution in [0, 0.1) is 5.92 Å². The Bertz CT molecular complexity index is 469. The van der Waals surface area contributed by atoms with E-state index in [2.05, 4.69) is 18.9 Å². The van der Waals surface area contributed by atoms with Crippen molar-refractivity contribution in [2.24, 2.45) is 5.92 Å². The maximum Gasteiger partial charge on any atom is 0.340 e. The van der Waals surface area contributed by atoms with Crippen molar-refractivity contribution < 1.29 is 9.53 Å². The number of anilines is 2. The Labute approximate surface area is 114 Å². The lowest BCUT2D eigenvalue weighted by Gasteiger charge is -2.27. The number of hydrogen-bond acceptors (Lipinski definition) is 4. The molecule has 1 aromatic carbocycles. The highest BCUT2D eigenvalue weighted by molar-refractivity contribution is 5.96. The second kappa shape index (κ2) is 5.51. The predicted octanol–water partition coefficient (Wildman–Crippen LogP) is 2.68. The Kier molecular flexibility index (Phi) is 3.98. The molecule has 1 saturated carbocycles. The second-order valence-corrected chi connectivity index (χ2v) is 5.18. The fraction of sp³-hybridized carbons (Fsp3) is 0.533. The van der Waals surface area contributed by atoms with Crippen molar-refractivity contribution in [3.8, 4) is 0 Å². The van der Waals surface area contributed by atoms with Crippen LogP contribution in [0.1, 0.15) is 37.0 Å². The van der Waals surface area contributed by atoms with Gasteiger partial charge in [0.05, 0.1) is 12.2 Å². The summed E-state index contributed by atoms with van der Waals surface area (Å²) in [6, 6.07) is 6.04. The topological polar surface area (TPSA) is 55.6 Å². The monoisotopic (exact) mass is 262 g/mol. The minimum absolute atomic E-state index is 0.352. The Morgan fingerprint density at radius 3 is 2.79 bits per heavy atom. The average Bonchev–Trinajstić information content (AvgIpc) is 3.22. The molecule has 0 spiro atoms. The largest absolute Gasteiger partial charge is 0.462 e. The lowest BCUT2D eigenvalue weighted by atomic mass is 10.1. The van der Waals surface area contributed by atoms with Gasteiger partial charge in [-0.3, -0.25) is 0 Å². The van der Waals surface area contributed by atoms with Crippen LogP contribution in [0.4, 0.5) is 11.4 Å². The lowest BCUT2D eigenvalue weighted by molar-refractivity contribution is 0.0527. The van der Waals surface area contributed by atoms with Crippen LogP contribution < -0.4 is 10.6 Å². The summed E-state index contributed by atoms with van der Waals surface area (Å²) in [6.45, 7) is 4.37. The van der Waals surface area contributed by atoms with Gasteiger partial charge < -0.3 is 15.4 Å². The van der Waals surface area contributed by atoms with Crippen LogP contribution in [0.3, 0.4) is 0 Å². The molecule has 1 unspecified atom stereocenters. The van der Waals surface area contributed by atoms with Gasteiger partial charge in [-0.1, -0.05) is 0 Å². The number of carbonyl (C=O) groups is 1. The molecule has 1 aliphatic rings. The van der Waals surface area contributed by atoms with Gasteiger partial charge in [0, 0.05) is 24.5 Å². The molecule has 1 aliphatic carbocycles. The van der Waals surface area contributed by atoms with Crippen molar-refractivity contribution in [3.63, 3.8) is 0 Å². The number of benzene rings is 1. The fourth-order valence-corrected chi connectivity index (χ4v) is 2.28. The molecule has 2 rings (SSSR count). The Morgan fingerprint density at radius 2 is 2.21 bits per heavy atom. The highest BCUT2D eigenvalue weighted by Crippen LogP contribution is 2.36. The summed E-state index contributed by atoms with van der Waals surface area (Å²) in [7, 11) is 2.06. The van der Waals surface area contributed by atoms with Gasteiger partial charge in [-0.05, 0) is 50.8 Å². The van der Waals surface area contributed by atoms with Crippen molar-refractivity contribution in [2.45, 2.75) is 32.7 Å². The SMILES string of the molecule is CCOC(=O)c1cc(N(C)C(C)C2CC2)ccc1N. The van der Waals surface area contributed by atoms with Gasteiger partial charge in [-0.2, -0.15) is 0 Å². The first-order valence-electron chi connectivity index (χ1n) is 6.84. The molecule has 2 N–H and O–H groups in total. The van der Waals surface area contributed by atoms with Crippen LogP contribution in [0.25, 0.3) is 0 Å². The number of esters is 1. The van der Waals surface area contributed by atoms with E-state index in [0.717, 1.165) is 11.6 Å². The normalized spacial score (nSPS) is 15.9. The quantitative estimate of drug-likeness (QED) is 0.654. The first-order valence-corrected chi connectivity index (χ1v) is 6.84. The zero-order chi connectivity index (χ0) is 14.0. The van der Waals surface area contributed by atoms with Gasteiger partial charge in [-0.25, -0.2) is 4.79 Å². The summed E-state index contributed by atoms with van der Waals surface area (Å²) < 4.78 is 5.03. The smallest absolute Gasteiger partial charge is 0.340 e. The molecule has 0 aromatic heterocycles. The van der Waals surface area contributed by atoms with E-state index < -0.39 is 0 Å². The van der Waals surface area contributed by atoms with E-state index in [-0.39, 0.29) is 5.97 Å². The molecule has 0 saturated heterocycles. The molecule has 1 fully saturated rings. The van der Waals surface area contributed by atoms with Gasteiger partial charge in [0.25, 0.3) is 0 Å². The van der Waals surface area contributed by atoms with Crippen LogP contribution in [-0.2, 0) is 4.74 Å². The maximum absolute atomic E-state index is 11.8. The number of nitrogen functional groups attached to an aromatic ring is 1. The molecule has 19 heavy (non-hydrogen) atoms. The fourth-order valence-electron chi connectivity index (χ4n) is 2.28. The predicted molar refractivity (Wildman–Crippen MR) is 77.4 cm³/mol. The minimum Gasteiger partial charge on any atom is -0.462 e. The van der Waals surface area contributed by atoms with Gasteiger partial charge in [0.15, 0.2) is 0 Å². The molecule has 1 atom stereocenters. The summed E-state index contributed by atoms with van der Waals surface area (Å²) in [5, 5.41) is 0. The third-order valence-electron chi connectivity index (χ3n) is 3.85. The molecular weight excluding hydrogens is 240 g/mol. The van der Waals surface area contributed by atoms with E-state index in [0.29, 0.717) is 23.9 Å². The molecule has 0 heterocycles. The zero-order valence-corrected chi connectivity index (χ0v) is 11.8. The summed E-state index contributed by atoms with van der Waals surface area (Å²) in [5.74, 6) is 0.419. The molecule has 0 aliphatic heterocycles. The van der Waals surface area contributed by atoms with E-state index in [1.807, 2.05) is 12.1 Å². The third-order valence-corrected chi connectivity index (χ3v) is 3.85. The van der Waals surface area contributed by atoms with E-state index in [4.69, 9.17) is 10.5 Å². The van der Waals surface area contributed by atoms with Crippen molar-refractivity contribution in [2.75, 3.05) is 24.3 Å². The van der Waals surface area contributed by atoms with Crippen LogP contribution in [0.15, 0.2) is 18.2 Å². The maximum atomic E-state index is 11.8. The molecule has 0 amide bonds. The third kappa shape index (κ3) is 3.00. The van der Waals surface area contributed by atoms with Crippen LogP contribution in [-0.4, -0.2) is 25.7 Å². The first kappa shape index (κ1) is 13.7. The van der Waals surface area contributed by atoms with Crippen LogP contribution in [0.5, 0.6) is 0 Å². The molecule has 4 heteroatoms. The number of carbonyl (C=O) groups excluding carboxylic acids is 1. The van der Waals surface area contributed by atoms with Crippen molar-refractivity contribution in [1.82, 2.24) is 0 Å². The second-order valence-electron chi connectivity index (χ2n) is 5.18. The van der Waals surface area contributed by atoms with E-state index in [9.17, 15) is 4.79 Å². The summed E-state index contributed by atoms with van der Waals surface area (Å²) in [4.78, 5) is 14.0. The van der Waals surface area contributed by atoms with E-state index >= 15 is 0 Å². The van der Waals surface area contributed by atoms with Gasteiger partial charge in [0.2, 0.25) is 0 Å². The molecule has 1 aromatic rings. The average molecular weight is 262 g/mol.